The fraction of sp³-hybridized carbons (Fsp3) is 0.400. The molecule has 0 aliphatic rings. The lowest BCUT2D eigenvalue weighted by atomic mass is 10.1. The summed E-state index contributed by atoms with van der Waals surface area (Å²) in [6.07, 6.45) is 16.7. The SMILES string of the molecule is CCCCCCc1ccc(-c2ccnc(-c3cc(-c4ccc(CCCCCC)s4)ccn3)c2)s1. The average Bonchev–Trinajstić information content (AvgIpc) is 3.55. The van der Waals surface area contributed by atoms with Crippen LogP contribution >= 0.6 is 22.7 Å². The third-order valence-electron chi connectivity index (χ3n) is 6.23. The molecule has 0 bridgehead atoms. The standard InChI is InChI=1S/C30H36N2S2/c1-3-5-7-9-11-25-13-15-29(33-25)23-17-19-31-27(21-23)28-22-24(18-20-32-28)30-16-14-26(34-30)12-10-8-6-4-2/h13-22H,3-12H2,1-2H3. The van der Waals surface area contributed by atoms with E-state index in [1.54, 1.807) is 0 Å². The Bertz CT molecular complexity index is 1070. The summed E-state index contributed by atoms with van der Waals surface area (Å²) >= 11 is 3.83. The van der Waals surface area contributed by atoms with Crippen LogP contribution in [0.5, 0.6) is 0 Å². The van der Waals surface area contributed by atoms with Crippen molar-refractivity contribution < 1.29 is 0 Å². The van der Waals surface area contributed by atoms with Crippen LogP contribution in [0, 0.1) is 0 Å². The molecule has 0 radical (unpaired) electrons. The summed E-state index contributed by atoms with van der Waals surface area (Å²) in [5.41, 5.74) is 4.34. The van der Waals surface area contributed by atoms with Gasteiger partial charge in [0.2, 0.25) is 0 Å². The van der Waals surface area contributed by atoms with Crippen LogP contribution in [-0.2, 0) is 12.8 Å². The van der Waals surface area contributed by atoms with Crippen LogP contribution in [0.25, 0.3) is 32.3 Å². The summed E-state index contributed by atoms with van der Waals surface area (Å²) in [6, 6.07) is 17.7. The highest BCUT2D eigenvalue weighted by Gasteiger charge is 2.10. The average molecular weight is 489 g/mol. The normalized spacial score (nSPS) is 11.2. The van der Waals surface area contributed by atoms with Gasteiger partial charge < -0.3 is 0 Å². The van der Waals surface area contributed by atoms with Gasteiger partial charge in [-0.1, -0.05) is 52.4 Å². The lowest BCUT2D eigenvalue weighted by molar-refractivity contribution is 0.670. The number of pyridine rings is 2. The Morgan fingerprint density at radius 1 is 0.559 bits per heavy atom. The molecular formula is C30H36N2S2. The molecule has 0 amide bonds. The lowest BCUT2D eigenvalue weighted by Crippen LogP contribution is -1.88. The second-order valence-corrected chi connectivity index (χ2v) is 11.3. The zero-order valence-electron chi connectivity index (χ0n) is 20.6. The maximum Gasteiger partial charge on any atom is 0.0892 e. The first-order chi connectivity index (χ1) is 16.8. The third-order valence-corrected chi connectivity index (χ3v) is 8.62. The maximum absolute atomic E-state index is 4.66. The number of hydrogen-bond acceptors (Lipinski definition) is 4. The number of thiophene rings is 2. The van der Waals surface area contributed by atoms with Gasteiger partial charge in [0.05, 0.1) is 11.4 Å². The Morgan fingerprint density at radius 2 is 1.03 bits per heavy atom. The Kier molecular flexibility index (Phi) is 9.46. The highest BCUT2D eigenvalue weighted by atomic mass is 32.1. The summed E-state index contributed by atoms with van der Waals surface area (Å²) in [5.74, 6) is 0. The summed E-state index contributed by atoms with van der Waals surface area (Å²) in [4.78, 5) is 14.9. The van der Waals surface area contributed by atoms with E-state index in [4.69, 9.17) is 0 Å². The number of unbranched alkanes of at least 4 members (excludes halogenated alkanes) is 6. The number of aromatic nitrogens is 2. The minimum Gasteiger partial charge on any atom is -0.255 e. The summed E-state index contributed by atoms with van der Waals surface area (Å²) < 4.78 is 0. The Labute approximate surface area is 213 Å². The number of hydrogen-bond donors (Lipinski definition) is 0. The molecule has 0 saturated carbocycles. The monoisotopic (exact) mass is 488 g/mol. The van der Waals surface area contributed by atoms with E-state index < -0.39 is 0 Å². The molecule has 0 fully saturated rings. The fourth-order valence-corrected chi connectivity index (χ4v) is 6.33. The molecule has 0 unspecified atom stereocenters. The van der Waals surface area contributed by atoms with E-state index in [2.05, 4.69) is 72.3 Å². The number of rotatable bonds is 13. The summed E-state index contributed by atoms with van der Waals surface area (Å²) in [5, 5.41) is 0. The van der Waals surface area contributed by atoms with Gasteiger partial charge in [-0.25, -0.2) is 0 Å². The largest absolute Gasteiger partial charge is 0.255 e. The molecule has 0 aliphatic heterocycles. The van der Waals surface area contributed by atoms with E-state index in [1.165, 1.54) is 94.8 Å². The van der Waals surface area contributed by atoms with Gasteiger partial charge in [-0.2, -0.15) is 0 Å². The van der Waals surface area contributed by atoms with Crippen molar-refractivity contribution in [1.29, 1.82) is 0 Å². The van der Waals surface area contributed by atoms with Gasteiger partial charge in [0.15, 0.2) is 0 Å². The summed E-state index contributed by atoms with van der Waals surface area (Å²) in [7, 11) is 0. The molecule has 4 heteroatoms. The van der Waals surface area contributed by atoms with Gasteiger partial charge in [0.25, 0.3) is 0 Å². The molecule has 0 atom stereocenters. The molecule has 178 valence electrons. The van der Waals surface area contributed by atoms with Crippen molar-refractivity contribution in [3.05, 3.63) is 70.7 Å². The van der Waals surface area contributed by atoms with Gasteiger partial charge in [-0.05, 0) is 85.3 Å². The van der Waals surface area contributed by atoms with Crippen LogP contribution < -0.4 is 0 Å². The van der Waals surface area contributed by atoms with Crippen molar-refractivity contribution in [3.8, 4) is 32.3 Å². The zero-order valence-corrected chi connectivity index (χ0v) is 22.2. The minimum absolute atomic E-state index is 0.939. The zero-order chi connectivity index (χ0) is 23.6. The topological polar surface area (TPSA) is 25.8 Å². The first-order valence-corrected chi connectivity index (χ1v) is 14.5. The van der Waals surface area contributed by atoms with Crippen LogP contribution in [0.2, 0.25) is 0 Å². The van der Waals surface area contributed by atoms with E-state index in [0.717, 1.165) is 11.4 Å². The second kappa shape index (κ2) is 13.0. The Morgan fingerprint density at radius 3 is 1.47 bits per heavy atom. The summed E-state index contributed by atoms with van der Waals surface area (Å²) in [6.45, 7) is 4.53. The molecule has 34 heavy (non-hydrogen) atoms. The molecule has 0 aromatic carbocycles. The Balaban J connectivity index is 1.46. The smallest absolute Gasteiger partial charge is 0.0892 e. The van der Waals surface area contributed by atoms with Crippen molar-refractivity contribution in [3.63, 3.8) is 0 Å². The highest BCUT2D eigenvalue weighted by Crippen LogP contribution is 2.33. The quantitative estimate of drug-likeness (QED) is 0.175. The lowest BCUT2D eigenvalue weighted by Gasteiger charge is -2.05. The van der Waals surface area contributed by atoms with Gasteiger partial charge in [-0.3, -0.25) is 9.97 Å². The number of nitrogens with zero attached hydrogens (tertiary/aromatic N) is 2. The van der Waals surface area contributed by atoms with E-state index >= 15 is 0 Å². The van der Waals surface area contributed by atoms with Crippen LogP contribution in [-0.4, -0.2) is 9.97 Å². The van der Waals surface area contributed by atoms with Gasteiger partial charge in [0, 0.05) is 31.9 Å². The molecular weight excluding hydrogens is 452 g/mol. The van der Waals surface area contributed by atoms with Crippen LogP contribution in [0.4, 0.5) is 0 Å². The molecule has 0 N–H and O–H groups in total. The molecule has 2 nitrogen and oxygen atoms in total. The van der Waals surface area contributed by atoms with Crippen molar-refractivity contribution >= 4 is 22.7 Å². The van der Waals surface area contributed by atoms with Crippen molar-refractivity contribution in [1.82, 2.24) is 9.97 Å². The predicted molar refractivity (Wildman–Crippen MR) is 150 cm³/mol. The minimum atomic E-state index is 0.939. The van der Waals surface area contributed by atoms with Crippen LogP contribution in [0.15, 0.2) is 60.9 Å². The molecule has 4 heterocycles. The van der Waals surface area contributed by atoms with Crippen LogP contribution in [0.1, 0.15) is 75.0 Å². The van der Waals surface area contributed by atoms with Gasteiger partial charge >= 0.3 is 0 Å². The molecule has 0 saturated heterocycles. The first kappa shape index (κ1) is 24.8. The molecule has 4 aromatic rings. The van der Waals surface area contributed by atoms with E-state index in [9.17, 15) is 0 Å². The maximum atomic E-state index is 4.66. The molecule has 0 spiro atoms. The highest BCUT2D eigenvalue weighted by molar-refractivity contribution is 7.15. The van der Waals surface area contributed by atoms with E-state index in [1.807, 2.05) is 35.1 Å². The predicted octanol–water partition coefficient (Wildman–Crippen LogP) is 9.85. The molecule has 0 aliphatic carbocycles. The fourth-order valence-electron chi connectivity index (χ4n) is 4.23. The van der Waals surface area contributed by atoms with Crippen molar-refractivity contribution in [2.45, 2.75) is 78.1 Å². The molecule has 4 rings (SSSR count). The van der Waals surface area contributed by atoms with E-state index in [-0.39, 0.29) is 0 Å². The first-order valence-electron chi connectivity index (χ1n) is 12.9. The van der Waals surface area contributed by atoms with Gasteiger partial charge in [-0.15, -0.1) is 22.7 Å². The third kappa shape index (κ3) is 6.86. The van der Waals surface area contributed by atoms with Gasteiger partial charge in [0.1, 0.15) is 0 Å². The Hall–Kier alpha value is -2.30. The van der Waals surface area contributed by atoms with E-state index in [0.29, 0.717) is 0 Å². The molecule has 4 aromatic heterocycles. The van der Waals surface area contributed by atoms with Crippen molar-refractivity contribution in [2.24, 2.45) is 0 Å². The van der Waals surface area contributed by atoms with Crippen LogP contribution in [0.3, 0.4) is 0 Å². The second-order valence-electron chi connectivity index (χ2n) is 9.01. The van der Waals surface area contributed by atoms with Crippen molar-refractivity contribution in [2.75, 3.05) is 0 Å². The number of aryl methyl sites for hydroxylation is 2.